The van der Waals surface area contributed by atoms with Gasteiger partial charge in [-0.2, -0.15) is 0 Å². The smallest absolute Gasteiger partial charge is 0.250 e. The van der Waals surface area contributed by atoms with E-state index >= 15 is 0 Å². The van der Waals surface area contributed by atoms with E-state index in [0.29, 0.717) is 6.54 Å². The summed E-state index contributed by atoms with van der Waals surface area (Å²) < 4.78 is 0. The van der Waals surface area contributed by atoms with Crippen molar-refractivity contribution >= 4 is 0 Å². The first-order valence-corrected chi connectivity index (χ1v) is 4.71. The maximum Gasteiger partial charge on any atom is 0.250 e. The van der Waals surface area contributed by atoms with E-state index in [0.717, 1.165) is 24.1 Å². The Bertz CT molecular complexity index is 352. The van der Waals surface area contributed by atoms with Gasteiger partial charge in [0, 0.05) is 10.5 Å². The van der Waals surface area contributed by atoms with Crippen LogP contribution in [0, 0.1) is 10.1 Å². The standard InChI is InChI=1S/C10H12N2O2/c13-12(14)10-7-11-6-5-8-3-1-2-4-9(8)10/h1-4,10-11H,5-7H2. The van der Waals surface area contributed by atoms with Crippen LogP contribution in [0.4, 0.5) is 0 Å². The van der Waals surface area contributed by atoms with E-state index in [1.54, 1.807) is 0 Å². The van der Waals surface area contributed by atoms with Gasteiger partial charge in [0.25, 0.3) is 6.04 Å². The third kappa shape index (κ3) is 1.61. The predicted molar refractivity (Wildman–Crippen MR) is 52.8 cm³/mol. The van der Waals surface area contributed by atoms with E-state index in [-0.39, 0.29) is 4.92 Å². The van der Waals surface area contributed by atoms with Gasteiger partial charge in [-0.25, -0.2) is 0 Å². The van der Waals surface area contributed by atoms with Crippen LogP contribution in [0.2, 0.25) is 0 Å². The molecule has 1 heterocycles. The molecular weight excluding hydrogens is 180 g/mol. The fourth-order valence-corrected chi connectivity index (χ4v) is 1.85. The fraction of sp³-hybridized carbons (Fsp3) is 0.400. The summed E-state index contributed by atoms with van der Waals surface area (Å²) in [6.45, 7) is 1.26. The van der Waals surface area contributed by atoms with Gasteiger partial charge in [0.05, 0.1) is 6.54 Å². The van der Waals surface area contributed by atoms with Gasteiger partial charge in [0.2, 0.25) is 0 Å². The summed E-state index contributed by atoms with van der Waals surface area (Å²) in [5.41, 5.74) is 1.96. The summed E-state index contributed by atoms with van der Waals surface area (Å²) in [5, 5.41) is 13.9. The lowest BCUT2D eigenvalue weighted by Crippen LogP contribution is -2.24. The molecule has 1 aliphatic rings. The SMILES string of the molecule is O=[N+]([O-])C1CNCCc2ccccc21. The minimum absolute atomic E-state index is 0.211. The van der Waals surface area contributed by atoms with Crippen LogP contribution in [-0.2, 0) is 6.42 Å². The molecule has 1 aliphatic heterocycles. The third-order valence-corrected chi connectivity index (χ3v) is 2.58. The molecule has 2 rings (SSSR count). The van der Waals surface area contributed by atoms with Gasteiger partial charge in [-0.05, 0) is 18.5 Å². The van der Waals surface area contributed by atoms with Crippen molar-refractivity contribution in [2.24, 2.45) is 0 Å². The summed E-state index contributed by atoms with van der Waals surface area (Å²) in [5.74, 6) is 0. The number of nitro groups is 1. The lowest BCUT2D eigenvalue weighted by molar-refractivity contribution is -0.526. The molecule has 74 valence electrons. The Hall–Kier alpha value is -1.42. The molecule has 0 saturated carbocycles. The number of nitrogens with one attached hydrogen (secondary N) is 1. The van der Waals surface area contributed by atoms with E-state index in [9.17, 15) is 10.1 Å². The quantitative estimate of drug-likeness (QED) is 0.536. The molecule has 4 nitrogen and oxygen atoms in total. The van der Waals surface area contributed by atoms with Gasteiger partial charge in [-0.3, -0.25) is 10.1 Å². The van der Waals surface area contributed by atoms with Crippen LogP contribution in [0.1, 0.15) is 17.2 Å². The normalized spacial score (nSPS) is 21.0. The Morgan fingerprint density at radius 2 is 2.21 bits per heavy atom. The van der Waals surface area contributed by atoms with Crippen molar-refractivity contribution in [1.29, 1.82) is 0 Å². The summed E-state index contributed by atoms with van der Waals surface area (Å²) in [6.07, 6.45) is 0.876. The zero-order valence-corrected chi connectivity index (χ0v) is 7.77. The van der Waals surface area contributed by atoms with Gasteiger partial charge in [-0.1, -0.05) is 24.3 Å². The maximum absolute atomic E-state index is 10.8. The maximum atomic E-state index is 10.8. The molecule has 1 unspecified atom stereocenters. The first-order chi connectivity index (χ1) is 6.79. The van der Waals surface area contributed by atoms with Gasteiger partial charge in [0.15, 0.2) is 0 Å². The molecule has 0 amide bonds. The molecule has 1 N–H and O–H groups in total. The Balaban J connectivity index is 2.42. The highest BCUT2D eigenvalue weighted by Gasteiger charge is 2.26. The van der Waals surface area contributed by atoms with Gasteiger partial charge in [-0.15, -0.1) is 0 Å². The van der Waals surface area contributed by atoms with Crippen LogP contribution >= 0.6 is 0 Å². The lowest BCUT2D eigenvalue weighted by Gasteiger charge is -2.08. The molecule has 4 heteroatoms. The molecule has 0 aromatic heterocycles. The molecule has 0 bridgehead atoms. The Morgan fingerprint density at radius 3 is 3.00 bits per heavy atom. The van der Waals surface area contributed by atoms with Crippen LogP contribution in [0.15, 0.2) is 24.3 Å². The molecule has 1 aromatic carbocycles. The topological polar surface area (TPSA) is 55.2 Å². The lowest BCUT2D eigenvalue weighted by atomic mass is 10.0. The number of hydrogen-bond donors (Lipinski definition) is 1. The second kappa shape index (κ2) is 3.75. The van der Waals surface area contributed by atoms with Crippen molar-refractivity contribution < 1.29 is 4.92 Å². The van der Waals surface area contributed by atoms with E-state index in [2.05, 4.69) is 5.32 Å². The second-order valence-corrected chi connectivity index (χ2v) is 3.45. The van der Waals surface area contributed by atoms with Crippen molar-refractivity contribution in [3.8, 4) is 0 Å². The summed E-state index contributed by atoms with van der Waals surface area (Å²) >= 11 is 0. The van der Waals surface area contributed by atoms with Gasteiger partial charge < -0.3 is 5.32 Å². The number of nitrogens with zero attached hydrogens (tertiary/aromatic N) is 1. The van der Waals surface area contributed by atoms with Crippen molar-refractivity contribution in [3.05, 3.63) is 45.5 Å². The average Bonchev–Trinajstić information content (AvgIpc) is 2.39. The predicted octanol–water partition coefficient (Wildman–Crippen LogP) is 1.15. The number of benzene rings is 1. The minimum atomic E-state index is -0.589. The molecule has 1 aromatic rings. The van der Waals surface area contributed by atoms with Crippen LogP contribution in [0.5, 0.6) is 0 Å². The first-order valence-electron chi connectivity index (χ1n) is 4.71. The molecule has 14 heavy (non-hydrogen) atoms. The summed E-state index contributed by atoms with van der Waals surface area (Å²) in [6, 6.07) is 7.03. The van der Waals surface area contributed by atoms with Crippen LogP contribution in [0.25, 0.3) is 0 Å². The Labute approximate surface area is 82.1 Å². The van der Waals surface area contributed by atoms with Crippen molar-refractivity contribution in [2.75, 3.05) is 13.1 Å². The van der Waals surface area contributed by atoms with Crippen molar-refractivity contribution in [3.63, 3.8) is 0 Å². The highest BCUT2D eigenvalue weighted by molar-refractivity contribution is 5.30. The van der Waals surface area contributed by atoms with E-state index in [1.165, 1.54) is 0 Å². The highest BCUT2D eigenvalue weighted by atomic mass is 16.6. The highest BCUT2D eigenvalue weighted by Crippen LogP contribution is 2.22. The second-order valence-electron chi connectivity index (χ2n) is 3.45. The Kier molecular flexibility index (Phi) is 2.45. The zero-order valence-electron chi connectivity index (χ0n) is 7.77. The molecular formula is C10H12N2O2. The monoisotopic (exact) mass is 192 g/mol. The van der Waals surface area contributed by atoms with Gasteiger partial charge in [0.1, 0.15) is 0 Å². The zero-order chi connectivity index (χ0) is 9.97. The summed E-state index contributed by atoms with van der Waals surface area (Å²) in [7, 11) is 0. The van der Waals surface area contributed by atoms with Gasteiger partial charge >= 0.3 is 0 Å². The Morgan fingerprint density at radius 1 is 1.43 bits per heavy atom. The van der Waals surface area contributed by atoms with Crippen LogP contribution in [-0.4, -0.2) is 18.0 Å². The first kappa shape index (κ1) is 9.15. The molecule has 0 spiro atoms. The van der Waals surface area contributed by atoms with E-state index in [4.69, 9.17) is 0 Å². The van der Waals surface area contributed by atoms with Crippen molar-refractivity contribution in [2.45, 2.75) is 12.5 Å². The largest absolute Gasteiger partial charge is 0.310 e. The third-order valence-electron chi connectivity index (χ3n) is 2.58. The van der Waals surface area contributed by atoms with Crippen molar-refractivity contribution in [1.82, 2.24) is 5.32 Å². The molecule has 0 fully saturated rings. The van der Waals surface area contributed by atoms with E-state index < -0.39 is 6.04 Å². The number of rotatable bonds is 1. The summed E-state index contributed by atoms with van der Waals surface area (Å²) in [4.78, 5) is 10.6. The molecule has 0 radical (unpaired) electrons. The molecule has 0 aliphatic carbocycles. The fourth-order valence-electron chi connectivity index (χ4n) is 1.85. The molecule has 1 atom stereocenters. The molecule has 0 saturated heterocycles. The van der Waals surface area contributed by atoms with Crippen LogP contribution < -0.4 is 5.32 Å². The average molecular weight is 192 g/mol. The minimum Gasteiger partial charge on any atom is -0.310 e. The van der Waals surface area contributed by atoms with E-state index in [1.807, 2.05) is 24.3 Å². The van der Waals surface area contributed by atoms with Crippen LogP contribution in [0.3, 0.4) is 0 Å². The number of hydrogen-bond acceptors (Lipinski definition) is 3. The number of fused-ring (bicyclic) bond motifs is 1.